The lowest BCUT2D eigenvalue weighted by Gasteiger charge is -2.06. The van der Waals surface area contributed by atoms with Gasteiger partial charge in [-0.2, -0.15) is 0 Å². The summed E-state index contributed by atoms with van der Waals surface area (Å²) in [5.41, 5.74) is 0.666. The van der Waals surface area contributed by atoms with Gasteiger partial charge in [0.15, 0.2) is 0 Å². The van der Waals surface area contributed by atoms with E-state index in [1.807, 2.05) is 0 Å². The molecule has 86 valence electrons. The maximum Gasteiger partial charge on any atom is 0.335 e. The van der Waals surface area contributed by atoms with Crippen molar-refractivity contribution in [3.8, 4) is 0 Å². The molecule has 0 aliphatic carbocycles. The van der Waals surface area contributed by atoms with Crippen molar-refractivity contribution < 1.29 is 14.7 Å². The molecule has 0 saturated carbocycles. The summed E-state index contributed by atoms with van der Waals surface area (Å²) in [5, 5.41) is 11.7. The molecule has 0 unspecified atom stereocenters. The van der Waals surface area contributed by atoms with Crippen LogP contribution < -0.4 is 5.32 Å². The van der Waals surface area contributed by atoms with Crippen LogP contribution in [0.3, 0.4) is 0 Å². The van der Waals surface area contributed by atoms with Crippen LogP contribution in [-0.4, -0.2) is 22.9 Å². The third kappa shape index (κ3) is 3.40. The summed E-state index contributed by atoms with van der Waals surface area (Å²) in [6, 6.07) is 4.30. The highest BCUT2D eigenvalue weighted by Gasteiger charge is 2.08. The van der Waals surface area contributed by atoms with Gasteiger partial charge < -0.3 is 10.4 Å². The van der Waals surface area contributed by atoms with Crippen LogP contribution in [0.5, 0.6) is 0 Å². The Kier molecular flexibility index (Phi) is 4.58. The molecule has 0 aliphatic rings. The highest BCUT2D eigenvalue weighted by molar-refractivity contribution is 6.31. The minimum atomic E-state index is -1.04. The quantitative estimate of drug-likeness (QED) is 0.814. The molecule has 6 heteroatoms. The lowest BCUT2D eigenvalue weighted by atomic mass is 10.1. The number of carbonyl (C=O) groups is 2. The maximum absolute atomic E-state index is 10.9. The summed E-state index contributed by atoms with van der Waals surface area (Å²) < 4.78 is 0. The summed E-state index contributed by atoms with van der Waals surface area (Å²) in [6.07, 6.45) is 0. The fraction of sp³-hybridized carbons (Fsp3) is 0.200. The van der Waals surface area contributed by atoms with E-state index in [0.717, 1.165) is 0 Å². The largest absolute Gasteiger partial charge is 0.478 e. The van der Waals surface area contributed by atoms with E-state index in [1.165, 1.54) is 18.2 Å². The fourth-order valence-corrected chi connectivity index (χ4v) is 1.36. The first-order chi connectivity index (χ1) is 7.54. The minimum Gasteiger partial charge on any atom is -0.478 e. The Morgan fingerprint density at radius 2 is 2.06 bits per heavy atom. The Balaban J connectivity index is 2.82. The van der Waals surface area contributed by atoms with E-state index in [-0.39, 0.29) is 23.9 Å². The lowest BCUT2D eigenvalue weighted by molar-refractivity contribution is -0.118. The third-order valence-electron chi connectivity index (χ3n) is 1.89. The summed E-state index contributed by atoms with van der Waals surface area (Å²) in [5.74, 6) is -1.52. The summed E-state index contributed by atoms with van der Waals surface area (Å²) in [4.78, 5) is 21.6. The zero-order valence-corrected chi connectivity index (χ0v) is 9.68. The molecule has 1 amide bonds. The van der Waals surface area contributed by atoms with Crippen LogP contribution in [0.1, 0.15) is 15.9 Å². The van der Waals surface area contributed by atoms with Crippen LogP contribution in [0.25, 0.3) is 0 Å². The molecular formula is C10H9Cl2NO3. The number of nitrogens with one attached hydrogen (secondary N) is 1. The molecular weight excluding hydrogens is 253 g/mol. The first-order valence-electron chi connectivity index (χ1n) is 4.39. The molecule has 0 aliphatic heterocycles. The SMILES string of the molecule is O=C(CCl)NCc1cc(C(=O)O)ccc1Cl. The van der Waals surface area contributed by atoms with Crippen molar-refractivity contribution in [2.45, 2.75) is 6.54 Å². The number of alkyl halides is 1. The highest BCUT2D eigenvalue weighted by atomic mass is 35.5. The van der Waals surface area contributed by atoms with Crippen LogP contribution in [0.4, 0.5) is 0 Å². The van der Waals surface area contributed by atoms with Crippen molar-refractivity contribution in [3.63, 3.8) is 0 Å². The molecule has 1 rings (SSSR count). The molecule has 2 N–H and O–H groups in total. The van der Waals surface area contributed by atoms with Crippen LogP contribution in [0.2, 0.25) is 5.02 Å². The predicted molar refractivity (Wildman–Crippen MR) is 61.0 cm³/mol. The Hall–Kier alpha value is -1.26. The number of benzene rings is 1. The van der Waals surface area contributed by atoms with E-state index in [0.29, 0.717) is 10.6 Å². The molecule has 0 atom stereocenters. The molecule has 1 aromatic rings. The van der Waals surface area contributed by atoms with Gasteiger partial charge >= 0.3 is 5.97 Å². The second kappa shape index (κ2) is 5.72. The number of hydrogen-bond acceptors (Lipinski definition) is 2. The summed E-state index contributed by atoms with van der Waals surface area (Å²) in [7, 11) is 0. The molecule has 0 fully saturated rings. The van der Waals surface area contributed by atoms with Gasteiger partial charge in [-0.05, 0) is 23.8 Å². The van der Waals surface area contributed by atoms with Gasteiger partial charge in [-0.1, -0.05) is 11.6 Å². The van der Waals surface area contributed by atoms with E-state index < -0.39 is 5.97 Å². The Morgan fingerprint density at radius 3 is 2.62 bits per heavy atom. The van der Waals surface area contributed by atoms with Crippen molar-refractivity contribution >= 4 is 35.1 Å². The Bertz CT molecular complexity index is 421. The molecule has 4 nitrogen and oxygen atoms in total. The molecule has 0 spiro atoms. The number of halogens is 2. The number of carboxylic acids is 1. The highest BCUT2D eigenvalue weighted by Crippen LogP contribution is 2.17. The monoisotopic (exact) mass is 261 g/mol. The smallest absolute Gasteiger partial charge is 0.335 e. The van der Waals surface area contributed by atoms with E-state index in [2.05, 4.69) is 5.32 Å². The first kappa shape index (κ1) is 12.8. The van der Waals surface area contributed by atoms with Crippen LogP contribution in [0, 0.1) is 0 Å². The van der Waals surface area contributed by atoms with Gasteiger partial charge in [-0.3, -0.25) is 4.79 Å². The van der Waals surface area contributed by atoms with Gasteiger partial charge in [-0.15, -0.1) is 11.6 Å². The molecule has 0 bridgehead atoms. The number of rotatable bonds is 4. The molecule has 0 saturated heterocycles. The molecule has 0 radical (unpaired) electrons. The second-order valence-corrected chi connectivity index (χ2v) is 3.70. The normalized spacial score (nSPS) is 9.88. The van der Waals surface area contributed by atoms with Crippen LogP contribution in [-0.2, 0) is 11.3 Å². The van der Waals surface area contributed by atoms with E-state index in [9.17, 15) is 9.59 Å². The predicted octanol–water partition coefficient (Wildman–Crippen LogP) is 1.89. The Morgan fingerprint density at radius 1 is 1.38 bits per heavy atom. The van der Waals surface area contributed by atoms with E-state index >= 15 is 0 Å². The minimum absolute atomic E-state index is 0.125. The van der Waals surface area contributed by atoms with Crippen LogP contribution >= 0.6 is 23.2 Å². The standard InChI is InChI=1S/C10H9Cl2NO3/c11-4-9(14)13-5-7-3-6(10(15)16)1-2-8(7)12/h1-3H,4-5H2,(H,13,14)(H,15,16). The molecule has 0 heterocycles. The average molecular weight is 262 g/mol. The number of carboxylic acid groups (broad SMARTS) is 1. The van der Waals surface area contributed by atoms with E-state index in [1.54, 1.807) is 0 Å². The van der Waals surface area contributed by atoms with Crippen molar-refractivity contribution in [2.75, 3.05) is 5.88 Å². The number of hydrogen-bond donors (Lipinski definition) is 2. The number of amides is 1. The first-order valence-corrected chi connectivity index (χ1v) is 5.30. The topological polar surface area (TPSA) is 66.4 Å². The van der Waals surface area contributed by atoms with Crippen LogP contribution in [0.15, 0.2) is 18.2 Å². The van der Waals surface area contributed by atoms with Gasteiger partial charge in [0.1, 0.15) is 5.88 Å². The molecule has 1 aromatic carbocycles. The van der Waals surface area contributed by atoms with Gasteiger partial charge in [0.25, 0.3) is 0 Å². The lowest BCUT2D eigenvalue weighted by Crippen LogP contribution is -2.24. The summed E-state index contributed by atoms with van der Waals surface area (Å²) >= 11 is 11.2. The second-order valence-electron chi connectivity index (χ2n) is 3.02. The third-order valence-corrected chi connectivity index (χ3v) is 2.50. The van der Waals surface area contributed by atoms with Gasteiger partial charge in [0.05, 0.1) is 5.56 Å². The zero-order valence-electron chi connectivity index (χ0n) is 8.17. The average Bonchev–Trinajstić information content (AvgIpc) is 2.27. The van der Waals surface area contributed by atoms with Crippen molar-refractivity contribution in [1.29, 1.82) is 0 Å². The van der Waals surface area contributed by atoms with Crippen molar-refractivity contribution in [1.82, 2.24) is 5.32 Å². The van der Waals surface area contributed by atoms with Crippen molar-refractivity contribution in [3.05, 3.63) is 34.3 Å². The van der Waals surface area contributed by atoms with Gasteiger partial charge in [-0.25, -0.2) is 4.79 Å². The fourth-order valence-electron chi connectivity index (χ4n) is 1.08. The Labute approximate surface area is 102 Å². The van der Waals surface area contributed by atoms with E-state index in [4.69, 9.17) is 28.3 Å². The number of carbonyl (C=O) groups excluding carboxylic acids is 1. The van der Waals surface area contributed by atoms with Gasteiger partial charge in [0.2, 0.25) is 5.91 Å². The molecule has 16 heavy (non-hydrogen) atoms. The van der Waals surface area contributed by atoms with Crippen molar-refractivity contribution in [2.24, 2.45) is 0 Å². The number of aromatic carboxylic acids is 1. The maximum atomic E-state index is 10.9. The summed E-state index contributed by atoms with van der Waals surface area (Å²) in [6.45, 7) is 0.158. The molecule has 0 aromatic heterocycles. The van der Waals surface area contributed by atoms with Gasteiger partial charge in [0, 0.05) is 11.6 Å². The zero-order chi connectivity index (χ0) is 12.1.